The van der Waals surface area contributed by atoms with E-state index in [1.54, 1.807) is 0 Å². The zero-order chi connectivity index (χ0) is 18.2. The number of aliphatic imine (C=N–C) groups is 1. The van der Waals surface area contributed by atoms with Crippen LogP contribution in [0.4, 0.5) is 0 Å². The molecular formula is C23H36N2. The molecule has 2 aliphatic rings. The van der Waals surface area contributed by atoms with Crippen LogP contribution in [0.5, 0.6) is 0 Å². The van der Waals surface area contributed by atoms with Crippen LogP contribution in [-0.2, 0) is 0 Å². The largest absolute Gasteiger partial charge is 0.388 e. The maximum Gasteiger partial charge on any atom is 0.0504 e. The first-order valence-corrected chi connectivity index (χ1v) is 9.98. The Hall–Kier alpha value is -1.57. The molecule has 2 heteroatoms. The number of allylic oxidation sites excluding steroid dienone is 5. The third-order valence-electron chi connectivity index (χ3n) is 5.58. The number of nitrogens with one attached hydrogen (secondary N) is 1. The predicted molar refractivity (Wildman–Crippen MR) is 111 cm³/mol. The average Bonchev–Trinajstić information content (AvgIpc) is 3.43. The van der Waals surface area contributed by atoms with Crippen molar-refractivity contribution in [1.29, 1.82) is 0 Å². The molecule has 0 radical (unpaired) electrons. The van der Waals surface area contributed by atoms with Gasteiger partial charge in [0.15, 0.2) is 0 Å². The molecule has 0 bridgehead atoms. The van der Waals surface area contributed by atoms with Crippen LogP contribution in [0.25, 0.3) is 0 Å². The molecule has 0 aromatic carbocycles. The number of rotatable bonds is 11. The molecule has 25 heavy (non-hydrogen) atoms. The van der Waals surface area contributed by atoms with Gasteiger partial charge in [0.2, 0.25) is 0 Å². The maximum atomic E-state index is 4.74. The van der Waals surface area contributed by atoms with Gasteiger partial charge in [0.25, 0.3) is 0 Å². The quantitative estimate of drug-likeness (QED) is 0.285. The lowest BCUT2D eigenvalue weighted by Crippen LogP contribution is -2.27. The molecular weight excluding hydrogens is 304 g/mol. The van der Waals surface area contributed by atoms with Crippen molar-refractivity contribution in [2.24, 2.45) is 22.7 Å². The van der Waals surface area contributed by atoms with Crippen molar-refractivity contribution in [3.63, 3.8) is 0 Å². The molecule has 3 unspecified atom stereocenters. The van der Waals surface area contributed by atoms with Crippen molar-refractivity contribution in [1.82, 2.24) is 5.32 Å². The highest BCUT2D eigenvalue weighted by molar-refractivity contribution is 6.01. The van der Waals surface area contributed by atoms with Gasteiger partial charge in [-0.15, -0.1) is 6.58 Å². The Morgan fingerprint density at radius 1 is 1.36 bits per heavy atom. The van der Waals surface area contributed by atoms with Crippen LogP contribution in [0, 0.1) is 17.8 Å². The highest BCUT2D eigenvalue weighted by atomic mass is 14.9. The van der Waals surface area contributed by atoms with E-state index < -0.39 is 0 Å². The molecule has 0 heterocycles. The number of unbranched alkanes of at least 4 members (excludes halogenated alkanes) is 1. The number of hydrogen-bond donors (Lipinski definition) is 1. The first kappa shape index (κ1) is 19.8. The van der Waals surface area contributed by atoms with Gasteiger partial charge in [0.05, 0.1) is 6.04 Å². The van der Waals surface area contributed by atoms with E-state index in [9.17, 15) is 0 Å². The zero-order valence-corrected chi connectivity index (χ0v) is 16.4. The van der Waals surface area contributed by atoms with Crippen molar-refractivity contribution in [2.75, 3.05) is 6.54 Å². The smallest absolute Gasteiger partial charge is 0.0504 e. The second-order valence-corrected chi connectivity index (χ2v) is 7.89. The normalized spacial score (nSPS) is 22.9. The topological polar surface area (TPSA) is 24.4 Å². The second kappa shape index (κ2) is 9.79. The Kier molecular flexibility index (Phi) is 7.74. The lowest BCUT2D eigenvalue weighted by molar-refractivity contribution is 0.347. The summed E-state index contributed by atoms with van der Waals surface area (Å²) in [6.07, 6.45) is 16.1. The van der Waals surface area contributed by atoms with Crippen LogP contribution in [0.1, 0.15) is 59.3 Å². The van der Waals surface area contributed by atoms with Gasteiger partial charge in [-0.1, -0.05) is 51.2 Å². The summed E-state index contributed by atoms with van der Waals surface area (Å²) >= 11 is 0. The van der Waals surface area contributed by atoms with Crippen LogP contribution in [0.2, 0.25) is 0 Å². The highest BCUT2D eigenvalue weighted by Gasteiger charge is 2.21. The molecule has 0 amide bonds. The van der Waals surface area contributed by atoms with Crippen molar-refractivity contribution in [3.8, 4) is 0 Å². The van der Waals surface area contributed by atoms with E-state index in [-0.39, 0.29) is 0 Å². The van der Waals surface area contributed by atoms with E-state index in [0.29, 0.717) is 17.9 Å². The highest BCUT2D eigenvalue weighted by Crippen LogP contribution is 2.27. The van der Waals surface area contributed by atoms with Gasteiger partial charge in [0.1, 0.15) is 0 Å². The summed E-state index contributed by atoms with van der Waals surface area (Å²) in [6, 6.07) is 0.596. The summed E-state index contributed by atoms with van der Waals surface area (Å²) in [7, 11) is 0. The molecule has 2 aliphatic carbocycles. The first-order valence-electron chi connectivity index (χ1n) is 9.98. The van der Waals surface area contributed by atoms with Crippen molar-refractivity contribution >= 4 is 5.71 Å². The van der Waals surface area contributed by atoms with E-state index >= 15 is 0 Å². The standard InChI is InChI=1S/C23H36N2/c1-6-7-8-9-17(2)18(3)16-24-19(4)21-10-12-22(13-11-21)20(5)25-23-14-15-23/h6,10,12-13,17-18,21,23-24H,1,4,7-9,11,14-16H2,2-3,5H3/b25-20+. The predicted octanol–water partition coefficient (Wildman–Crippen LogP) is 5.84. The molecule has 1 fully saturated rings. The number of nitrogens with zero attached hydrogens (tertiary/aromatic N) is 1. The Morgan fingerprint density at radius 3 is 2.72 bits per heavy atom. The fraction of sp³-hybridized carbons (Fsp3) is 0.609. The van der Waals surface area contributed by atoms with Crippen molar-refractivity contribution < 1.29 is 0 Å². The van der Waals surface area contributed by atoms with E-state index in [2.05, 4.69) is 57.5 Å². The van der Waals surface area contributed by atoms with Gasteiger partial charge in [0, 0.05) is 23.9 Å². The molecule has 2 nitrogen and oxygen atoms in total. The van der Waals surface area contributed by atoms with E-state index in [1.165, 1.54) is 37.0 Å². The molecule has 1 N–H and O–H groups in total. The zero-order valence-electron chi connectivity index (χ0n) is 16.4. The summed E-state index contributed by atoms with van der Waals surface area (Å²) in [6.45, 7) is 15.9. The summed E-state index contributed by atoms with van der Waals surface area (Å²) in [5.41, 5.74) is 3.63. The molecule has 138 valence electrons. The third kappa shape index (κ3) is 6.68. The lowest BCUT2D eigenvalue weighted by Gasteiger charge is -2.24. The molecule has 0 aromatic rings. The Labute approximate surface area is 154 Å². The van der Waals surface area contributed by atoms with E-state index in [0.717, 1.165) is 31.0 Å². The Morgan fingerprint density at radius 2 is 2.12 bits per heavy atom. The summed E-state index contributed by atoms with van der Waals surface area (Å²) in [5, 5.41) is 3.58. The summed E-state index contributed by atoms with van der Waals surface area (Å²) in [5.74, 6) is 1.80. The number of hydrogen-bond acceptors (Lipinski definition) is 2. The molecule has 0 spiro atoms. The van der Waals surface area contributed by atoms with Gasteiger partial charge < -0.3 is 5.32 Å². The SMILES string of the molecule is C=CCCCC(C)C(C)CNC(=C)C1C=CC(/C(C)=N/C2CC2)=CC1. The van der Waals surface area contributed by atoms with Crippen LogP contribution < -0.4 is 5.32 Å². The van der Waals surface area contributed by atoms with Gasteiger partial charge in [-0.25, -0.2) is 0 Å². The minimum atomic E-state index is 0.403. The van der Waals surface area contributed by atoms with Crippen LogP contribution >= 0.6 is 0 Å². The second-order valence-electron chi connectivity index (χ2n) is 7.89. The van der Waals surface area contributed by atoms with Gasteiger partial charge in [-0.05, 0) is 56.4 Å². The Balaban J connectivity index is 1.72. The maximum absolute atomic E-state index is 4.74. The molecule has 1 saturated carbocycles. The average molecular weight is 341 g/mol. The molecule has 0 aromatic heterocycles. The van der Waals surface area contributed by atoms with Crippen molar-refractivity contribution in [2.45, 2.75) is 65.3 Å². The third-order valence-corrected chi connectivity index (χ3v) is 5.58. The minimum Gasteiger partial charge on any atom is -0.388 e. The van der Waals surface area contributed by atoms with E-state index in [4.69, 9.17) is 4.99 Å². The van der Waals surface area contributed by atoms with Crippen LogP contribution in [0.3, 0.4) is 0 Å². The monoisotopic (exact) mass is 340 g/mol. The van der Waals surface area contributed by atoms with Crippen LogP contribution in [0.15, 0.2) is 53.7 Å². The van der Waals surface area contributed by atoms with Gasteiger partial charge in [-0.3, -0.25) is 4.99 Å². The molecule has 3 atom stereocenters. The van der Waals surface area contributed by atoms with Crippen molar-refractivity contribution in [3.05, 3.63) is 48.7 Å². The first-order chi connectivity index (χ1) is 12.0. The van der Waals surface area contributed by atoms with Gasteiger partial charge >= 0.3 is 0 Å². The summed E-state index contributed by atoms with van der Waals surface area (Å²) < 4.78 is 0. The fourth-order valence-corrected chi connectivity index (χ4v) is 3.19. The fourth-order valence-electron chi connectivity index (χ4n) is 3.19. The lowest BCUT2D eigenvalue weighted by atomic mass is 9.89. The molecule has 0 aliphatic heterocycles. The molecule has 2 rings (SSSR count). The van der Waals surface area contributed by atoms with Gasteiger partial charge in [-0.2, -0.15) is 0 Å². The minimum absolute atomic E-state index is 0.403. The molecule has 0 saturated heterocycles. The summed E-state index contributed by atoms with van der Waals surface area (Å²) in [4.78, 5) is 4.74. The Bertz CT molecular complexity index is 548. The van der Waals surface area contributed by atoms with Crippen LogP contribution in [-0.4, -0.2) is 18.3 Å². The van der Waals surface area contributed by atoms with E-state index in [1.807, 2.05) is 6.08 Å².